The third-order valence-electron chi connectivity index (χ3n) is 6.86. The Bertz CT molecular complexity index is 1850. The van der Waals surface area contributed by atoms with E-state index in [4.69, 9.17) is 9.11 Å². The number of phenolic OH excluding ortho intramolecular Hbond substituents is 4. The monoisotopic (exact) mass is 808 g/mol. The molecule has 0 spiro atoms. The van der Waals surface area contributed by atoms with Gasteiger partial charge < -0.3 is 51.9 Å². The van der Waals surface area contributed by atoms with E-state index < -0.39 is 126 Å². The Hall–Kier alpha value is -5.80. The summed E-state index contributed by atoms with van der Waals surface area (Å²) in [4.78, 5) is 73.0. The van der Waals surface area contributed by atoms with E-state index in [1.165, 1.54) is 0 Å². The fourth-order valence-electron chi connectivity index (χ4n) is 4.39. The van der Waals surface area contributed by atoms with E-state index in [0.717, 1.165) is 9.80 Å². The summed E-state index contributed by atoms with van der Waals surface area (Å²) in [5, 5.41) is 66.9. The summed E-state index contributed by atoms with van der Waals surface area (Å²) in [6, 6.07) is 2.22. The molecule has 0 saturated carbocycles. The standard InChI is InChI=1S/C28H36N6O18S2/c35-19-9-15(53(47,48)49)7-17(25(19)43)27(45)31-3-1-29-21(37)11-33(13-23(39)40)5-6-34(14-24(41)42)12-22(38)30-2-4-32-28(46)18-8-16(54(50,51)52)10-20(36)26(18)44/h7-10,35-36,43-44H,1-6,11-14H2,(H,29,37)(H,30,38)(H,31,45)(H,32,46)(H,39,40)(H,41,42)(H,47,48,49)(H,50,51,52). The molecule has 54 heavy (non-hydrogen) atoms. The predicted octanol–water partition coefficient (Wildman–Crippen LogP) is -3.83. The maximum atomic E-state index is 12.5. The van der Waals surface area contributed by atoms with Crippen molar-refractivity contribution in [2.75, 3.05) is 65.4 Å². The normalized spacial score (nSPS) is 11.6. The molecule has 0 aliphatic rings. The molecule has 0 fully saturated rings. The lowest BCUT2D eigenvalue weighted by Crippen LogP contribution is -2.47. The molecule has 0 radical (unpaired) electrons. The van der Waals surface area contributed by atoms with Crippen LogP contribution in [0.1, 0.15) is 20.7 Å². The van der Waals surface area contributed by atoms with Gasteiger partial charge in [-0.25, -0.2) is 0 Å². The van der Waals surface area contributed by atoms with Gasteiger partial charge in [0, 0.05) is 51.4 Å². The van der Waals surface area contributed by atoms with Crippen LogP contribution in [-0.2, 0) is 39.4 Å². The highest BCUT2D eigenvalue weighted by Gasteiger charge is 2.23. The highest BCUT2D eigenvalue weighted by Crippen LogP contribution is 2.33. The molecule has 12 N–H and O–H groups in total. The topological polar surface area (TPSA) is 387 Å². The molecule has 0 aromatic heterocycles. The number of aliphatic carboxylic acids is 2. The van der Waals surface area contributed by atoms with Gasteiger partial charge in [-0.3, -0.25) is 47.7 Å². The number of carboxylic acid groups (broad SMARTS) is 2. The zero-order valence-electron chi connectivity index (χ0n) is 27.8. The van der Waals surface area contributed by atoms with Crippen molar-refractivity contribution >= 4 is 55.8 Å². The molecular weight excluding hydrogens is 772 g/mol. The van der Waals surface area contributed by atoms with Crippen molar-refractivity contribution in [3.8, 4) is 23.0 Å². The fourth-order valence-corrected chi connectivity index (χ4v) is 5.44. The second-order valence-electron chi connectivity index (χ2n) is 11.0. The predicted molar refractivity (Wildman–Crippen MR) is 178 cm³/mol. The minimum Gasteiger partial charge on any atom is -0.504 e. The lowest BCUT2D eigenvalue weighted by molar-refractivity contribution is -0.141. The van der Waals surface area contributed by atoms with Gasteiger partial charge in [0.15, 0.2) is 23.0 Å². The van der Waals surface area contributed by atoms with E-state index >= 15 is 0 Å². The second-order valence-corrected chi connectivity index (χ2v) is 13.9. The van der Waals surface area contributed by atoms with Crippen LogP contribution < -0.4 is 21.3 Å². The number of hydrogen-bond acceptors (Lipinski definition) is 16. The molecule has 2 aromatic rings. The van der Waals surface area contributed by atoms with Gasteiger partial charge in [0.2, 0.25) is 11.8 Å². The van der Waals surface area contributed by atoms with Gasteiger partial charge >= 0.3 is 11.9 Å². The van der Waals surface area contributed by atoms with Crippen molar-refractivity contribution in [3.63, 3.8) is 0 Å². The first-order valence-electron chi connectivity index (χ1n) is 15.0. The summed E-state index contributed by atoms with van der Waals surface area (Å²) in [5.74, 6) is -10.4. The van der Waals surface area contributed by atoms with Crippen LogP contribution in [0.15, 0.2) is 34.1 Å². The van der Waals surface area contributed by atoms with E-state index in [0.29, 0.717) is 24.3 Å². The summed E-state index contributed by atoms with van der Waals surface area (Å²) >= 11 is 0. The van der Waals surface area contributed by atoms with Crippen molar-refractivity contribution in [2.24, 2.45) is 0 Å². The zero-order valence-corrected chi connectivity index (χ0v) is 29.4. The molecule has 2 rings (SSSR count). The number of carbonyl (C=O) groups is 6. The average Bonchev–Trinajstić information content (AvgIpc) is 3.04. The molecule has 0 aliphatic heterocycles. The van der Waals surface area contributed by atoms with Crippen molar-refractivity contribution in [1.29, 1.82) is 0 Å². The van der Waals surface area contributed by atoms with Crippen molar-refractivity contribution < 1.29 is 85.3 Å². The summed E-state index contributed by atoms with van der Waals surface area (Å²) in [7, 11) is -9.70. The van der Waals surface area contributed by atoms with Gasteiger partial charge in [-0.15, -0.1) is 0 Å². The highest BCUT2D eigenvalue weighted by atomic mass is 32.2. The third kappa shape index (κ3) is 14.3. The van der Waals surface area contributed by atoms with Crippen LogP contribution in [0.5, 0.6) is 23.0 Å². The maximum Gasteiger partial charge on any atom is 0.317 e. The SMILES string of the molecule is O=C(O)CN(CCN(CC(=O)O)CC(=O)NCCNC(=O)c1cc(S(=O)(=O)O)cc(O)c1O)CC(=O)NCCNC(=O)c1cc(S(=O)(=O)O)cc(O)c1O. The number of hydrogen-bond donors (Lipinski definition) is 12. The van der Waals surface area contributed by atoms with Crippen LogP contribution in [0, 0.1) is 0 Å². The van der Waals surface area contributed by atoms with E-state index in [9.17, 15) is 76.2 Å². The molecule has 0 saturated heterocycles. The summed E-state index contributed by atoms with van der Waals surface area (Å²) in [6.45, 7) is -4.08. The Morgan fingerprint density at radius 2 is 0.833 bits per heavy atom. The smallest absolute Gasteiger partial charge is 0.317 e. The van der Waals surface area contributed by atoms with Gasteiger partial charge in [0.25, 0.3) is 32.1 Å². The number of nitrogens with one attached hydrogen (secondary N) is 4. The number of carboxylic acids is 2. The van der Waals surface area contributed by atoms with Crippen LogP contribution in [0.3, 0.4) is 0 Å². The molecule has 0 bridgehead atoms. The Kier molecular flexibility index (Phi) is 15.9. The van der Waals surface area contributed by atoms with Gasteiger partial charge in [0.05, 0.1) is 47.1 Å². The van der Waals surface area contributed by atoms with Gasteiger partial charge in [0.1, 0.15) is 0 Å². The lowest BCUT2D eigenvalue weighted by Gasteiger charge is -2.25. The largest absolute Gasteiger partial charge is 0.504 e. The number of aromatic hydroxyl groups is 4. The summed E-state index contributed by atoms with van der Waals surface area (Å²) in [6.07, 6.45) is 0. The molecule has 2 aromatic carbocycles. The molecular formula is C28H36N6O18S2. The molecule has 0 aliphatic carbocycles. The Labute approximate surface area is 305 Å². The number of rotatable bonds is 21. The first kappa shape index (κ1) is 44.4. The molecule has 4 amide bonds. The number of carbonyl (C=O) groups excluding carboxylic acids is 4. The van der Waals surface area contributed by atoms with Crippen LogP contribution in [0.25, 0.3) is 0 Å². The van der Waals surface area contributed by atoms with E-state index in [-0.39, 0.29) is 39.3 Å². The Morgan fingerprint density at radius 3 is 1.13 bits per heavy atom. The number of phenols is 4. The first-order chi connectivity index (χ1) is 25.0. The number of amides is 4. The van der Waals surface area contributed by atoms with Crippen molar-refractivity contribution in [2.45, 2.75) is 9.79 Å². The first-order valence-corrected chi connectivity index (χ1v) is 17.9. The minimum absolute atomic E-state index is 0.237. The molecule has 298 valence electrons. The number of nitrogens with zero attached hydrogens (tertiary/aromatic N) is 2. The zero-order chi connectivity index (χ0) is 41.0. The van der Waals surface area contributed by atoms with Crippen molar-refractivity contribution in [1.82, 2.24) is 31.1 Å². The maximum absolute atomic E-state index is 12.5. The molecule has 0 unspecified atom stereocenters. The summed E-state index contributed by atoms with van der Waals surface area (Å²) < 4.78 is 63.7. The average molecular weight is 809 g/mol. The van der Waals surface area contributed by atoms with E-state index in [1.54, 1.807) is 0 Å². The molecule has 0 heterocycles. The molecule has 0 atom stereocenters. The highest BCUT2D eigenvalue weighted by molar-refractivity contribution is 7.86. The van der Waals surface area contributed by atoms with E-state index in [2.05, 4.69) is 21.3 Å². The number of benzene rings is 2. The lowest BCUT2D eigenvalue weighted by atomic mass is 10.1. The third-order valence-corrected chi connectivity index (χ3v) is 8.52. The quantitative estimate of drug-likeness (QED) is 0.0326. The fraction of sp³-hybridized carbons (Fsp3) is 0.357. The minimum atomic E-state index is -4.85. The van der Waals surface area contributed by atoms with Crippen LogP contribution in [0.4, 0.5) is 0 Å². The summed E-state index contributed by atoms with van der Waals surface area (Å²) in [5.41, 5.74) is -1.42. The van der Waals surface area contributed by atoms with Gasteiger partial charge in [-0.2, -0.15) is 16.8 Å². The van der Waals surface area contributed by atoms with Crippen LogP contribution in [-0.4, -0.2) is 167 Å². The Balaban J connectivity index is 1.89. The van der Waals surface area contributed by atoms with Gasteiger partial charge in [-0.1, -0.05) is 0 Å². The Morgan fingerprint density at radius 1 is 0.519 bits per heavy atom. The molecule has 24 nitrogen and oxygen atoms in total. The second kappa shape index (κ2) is 19.3. The van der Waals surface area contributed by atoms with E-state index in [1.807, 2.05) is 0 Å². The molecule has 26 heteroatoms. The van der Waals surface area contributed by atoms with Gasteiger partial charge in [-0.05, 0) is 12.1 Å². The van der Waals surface area contributed by atoms with Crippen LogP contribution >= 0.6 is 0 Å². The van der Waals surface area contributed by atoms with Crippen LogP contribution in [0.2, 0.25) is 0 Å². The van der Waals surface area contributed by atoms with Crippen molar-refractivity contribution in [3.05, 3.63) is 35.4 Å².